The van der Waals surface area contributed by atoms with Crippen LogP contribution in [0.5, 0.6) is 0 Å². The van der Waals surface area contributed by atoms with Crippen LogP contribution in [0.4, 0.5) is 8.78 Å². The Morgan fingerprint density at radius 3 is 2.76 bits per heavy atom. The third-order valence-corrected chi connectivity index (χ3v) is 5.91. The number of carbonyl (C=O) groups excluding carboxylic acids is 2. The summed E-state index contributed by atoms with van der Waals surface area (Å²) < 4.78 is 39.0. The molecular weight excluding hydrogens is 381 g/mol. The zero-order valence-electron chi connectivity index (χ0n) is 17.0. The molecule has 0 spiro atoms. The molecule has 1 aromatic carbocycles. The summed E-state index contributed by atoms with van der Waals surface area (Å²) in [7, 11) is -0.551. The lowest BCUT2D eigenvalue weighted by molar-refractivity contribution is -0.119. The van der Waals surface area contributed by atoms with E-state index in [9.17, 15) is 18.4 Å². The maximum Gasteiger partial charge on any atom is 0.478 e. The quantitative estimate of drug-likeness (QED) is 0.710. The first kappa shape index (κ1) is 21.7. The first-order valence-electron chi connectivity index (χ1n) is 10.0. The maximum atomic E-state index is 13.6. The molecule has 2 fully saturated rings. The third kappa shape index (κ3) is 4.78. The Hall–Kier alpha value is -2.00. The van der Waals surface area contributed by atoms with Crippen LogP contribution in [0.3, 0.4) is 0 Å². The Kier molecular flexibility index (Phi) is 6.58. The monoisotopic (exact) mass is 408 g/mol. The topological polar surface area (TPSA) is 76.7 Å². The molecule has 1 aromatic rings. The average molecular weight is 408 g/mol. The Morgan fingerprint density at radius 2 is 2.03 bits per heavy atom. The van der Waals surface area contributed by atoms with E-state index in [1.807, 2.05) is 0 Å². The normalized spacial score (nSPS) is 26.3. The molecule has 1 aliphatic carbocycles. The zero-order chi connectivity index (χ0) is 21.2. The van der Waals surface area contributed by atoms with Gasteiger partial charge < -0.3 is 19.9 Å². The summed E-state index contributed by atoms with van der Waals surface area (Å²) >= 11 is 0. The molecule has 0 unspecified atom stereocenters. The number of carbonyl (C=O) groups is 2. The van der Waals surface area contributed by atoms with Gasteiger partial charge in [0.1, 0.15) is 11.6 Å². The van der Waals surface area contributed by atoms with Gasteiger partial charge in [-0.25, -0.2) is 8.78 Å². The molecule has 3 atom stereocenters. The third-order valence-electron chi connectivity index (χ3n) is 5.91. The van der Waals surface area contributed by atoms with E-state index < -0.39 is 36.1 Å². The number of amides is 2. The summed E-state index contributed by atoms with van der Waals surface area (Å²) in [6.07, 6.45) is 3.27. The van der Waals surface area contributed by atoms with E-state index in [-0.39, 0.29) is 24.7 Å². The second kappa shape index (κ2) is 8.79. The molecule has 1 saturated carbocycles. The predicted molar refractivity (Wildman–Crippen MR) is 104 cm³/mol. The molecule has 9 heteroatoms. The van der Waals surface area contributed by atoms with Crippen molar-refractivity contribution in [2.45, 2.75) is 51.7 Å². The molecule has 0 radical (unpaired) electrons. The van der Waals surface area contributed by atoms with Crippen LogP contribution in [-0.4, -0.2) is 43.6 Å². The van der Waals surface area contributed by atoms with Gasteiger partial charge in [0.25, 0.3) is 5.91 Å². The highest BCUT2D eigenvalue weighted by atomic mass is 19.1. The highest BCUT2D eigenvalue weighted by molar-refractivity contribution is 6.46. The molecular formula is C20H27BF2N2O4. The van der Waals surface area contributed by atoms with Gasteiger partial charge in [-0.3, -0.25) is 9.59 Å². The van der Waals surface area contributed by atoms with Gasteiger partial charge in [-0.15, -0.1) is 0 Å². The Balaban J connectivity index is 1.48. The smallest absolute Gasteiger partial charge is 0.404 e. The standard InChI is InChI=1S/C20H27BF2N2O4/c1-12(2)15-5-4-6-17-20(15,3)29-21(28-17)11-25-18(26)10-24-19(27)14-9-13(22)7-8-16(14)23/h7-9,12,15,17H,4-6,10-11H2,1-3H3,(H,24,27)(H,25,26)/t15-,17+,20-/m0/s1. The molecule has 0 bridgehead atoms. The summed E-state index contributed by atoms with van der Waals surface area (Å²) in [4.78, 5) is 24.0. The Morgan fingerprint density at radius 1 is 1.28 bits per heavy atom. The van der Waals surface area contributed by atoms with Crippen LogP contribution >= 0.6 is 0 Å². The van der Waals surface area contributed by atoms with Gasteiger partial charge in [-0.05, 0) is 49.8 Å². The van der Waals surface area contributed by atoms with Crippen LogP contribution in [-0.2, 0) is 14.1 Å². The van der Waals surface area contributed by atoms with Crippen molar-refractivity contribution in [3.05, 3.63) is 35.4 Å². The molecule has 1 heterocycles. The second-order valence-electron chi connectivity index (χ2n) is 8.25. The lowest BCUT2D eigenvalue weighted by Crippen LogP contribution is -2.49. The second-order valence-corrected chi connectivity index (χ2v) is 8.25. The molecule has 6 nitrogen and oxygen atoms in total. The van der Waals surface area contributed by atoms with E-state index >= 15 is 0 Å². The zero-order valence-corrected chi connectivity index (χ0v) is 17.0. The fraction of sp³-hybridized carbons (Fsp3) is 0.600. The molecule has 29 heavy (non-hydrogen) atoms. The number of hydrogen-bond acceptors (Lipinski definition) is 4. The van der Waals surface area contributed by atoms with E-state index in [1.54, 1.807) is 0 Å². The number of halogens is 2. The van der Waals surface area contributed by atoms with Crippen LogP contribution in [0, 0.1) is 23.5 Å². The number of nitrogens with one attached hydrogen (secondary N) is 2. The summed E-state index contributed by atoms with van der Waals surface area (Å²) in [6, 6.07) is 2.57. The molecule has 1 saturated heterocycles. The molecule has 0 aromatic heterocycles. The highest BCUT2D eigenvalue weighted by Crippen LogP contribution is 2.46. The van der Waals surface area contributed by atoms with E-state index in [0.717, 1.165) is 37.5 Å². The van der Waals surface area contributed by atoms with Crippen molar-refractivity contribution in [1.29, 1.82) is 0 Å². The van der Waals surface area contributed by atoms with Crippen LogP contribution in [0.2, 0.25) is 0 Å². The van der Waals surface area contributed by atoms with Crippen molar-refractivity contribution in [3.8, 4) is 0 Å². The van der Waals surface area contributed by atoms with Crippen molar-refractivity contribution in [2.24, 2.45) is 11.8 Å². The number of rotatable bonds is 6. The van der Waals surface area contributed by atoms with E-state index in [0.29, 0.717) is 11.8 Å². The van der Waals surface area contributed by atoms with E-state index in [2.05, 4.69) is 31.4 Å². The molecule has 3 rings (SSSR count). The summed E-state index contributed by atoms with van der Waals surface area (Å²) in [5.74, 6) is -2.05. The lowest BCUT2D eigenvalue weighted by atomic mass is 9.69. The molecule has 2 N–H and O–H groups in total. The first-order chi connectivity index (χ1) is 13.7. The number of benzene rings is 1. The van der Waals surface area contributed by atoms with Gasteiger partial charge in [-0.2, -0.15) is 0 Å². The van der Waals surface area contributed by atoms with Gasteiger partial charge in [-0.1, -0.05) is 20.3 Å². The fourth-order valence-electron chi connectivity index (χ4n) is 4.47. The average Bonchev–Trinajstić information content (AvgIpc) is 3.02. The fourth-order valence-corrected chi connectivity index (χ4v) is 4.47. The minimum Gasteiger partial charge on any atom is -0.404 e. The maximum absolute atomic E-state index is 13.6. The van der Waals surface area contributed by atoms with Gasteiger partial charge in [0.2, 0.25) is 5.91 Å². The largest absolute Gasteiger partial charge is 0.478 e. The van der Waals surface area contributed by atoms with E-state index in [4.69, 9.17) is 9.31 Å². The van der Waals surface area contributed by atoms with Gasteiger partial charge in [0.05, 0.1) is 30.3 Å². The van der Waals surface area contributed by atoms with E-state index in [1.165, 1.54) is 0 Å². The highest BCUT2D eigenvalue weighted by Gasteiger charge is 2.54. The Labute approximate surface area is 169 Å². The summed E-state index contributed by atoms with van der Waals surface area (Å²) in [6.45, 7) is 6.08. The van der Waals surface area contributed by atoms with Gasteiger partial charge in [0.15, 0.2) is 0 Å². The van der Waals surface area contributed by atoms with Crippen molar-refractivity contribution in [2.75, 3.05) is 13.0 Å². The molecule has 158 valence electrons. The Bertz CT molecular complexity index is 779. The summed E-state index contributed by atoms with van der Waals surface area (Å²) in [5.41, 5.74) is -0.817. The number of hydrogen-bond donors (Lipinski definition) is 2. The van der Waals surface area contributed by atoms with Crippen molar-refractivity contribution < 1.29 is 27.7 Å². The van der Waals surface area contributed by atoms with Gasteiger partial charge in [0, 0.05) is 0 Å². The predicted octanol–water partition coefficient (Wildman–Crippen LogP) is 2.47. The minimum atomic E-state index is -0.858. The molecule has 2 aliphatic rings. The van der Waals surface area contributed by atoms with Crippen molar-refractivity contribution in [1.82, 2.24) is 10.6 Å². The van der Waals surface area contributed by atoms with Crippen molar-refractivity contribution >= 4 is 18.9 Å². The van der Waals surface area contributed by atoms with Crippen LogP contribution < -0.4 is 10.6 Å². The SMILES string of the molecule is CC(C)[C@@H]1CCC[C@H]2OB(CNC(=O)CNC(=O)c3cc(F)ccc3F)O[C@]21C. The van der Waals surface area contributed by atoms with Crippen LogP contribution in [0.25, 0.3) is 0 Å². The summed E-state index contributed by atoms with van der Waals surface area (Å²) in [5, 5.41) is 4.94. The van der Waals surface area contributed by atoms with Crippen LogP contribution in [0.15, 0.2) is 18.2 Å². The van der Waals surface area contributed by atoms with Crippen LogP contribution in [0.1, 0.15) is 50.4 Å². The lowest BCUT2D eigenvalue weighted by Gasteiger charge is -2.44. The molecule has 2 amide bonds. The minimum absolute atomic E-state index is 0.00112. The first-order valence-corrected chi connectivity index (χ1v) is 10.0. The molecule has 1 aliphatic heterocycles. The number of fused-ring (bicyclic) bond motifs is 1. The van der Waals surface area contributed by atoms with Crippen molar-refractivity contribution in [3.63, 3.8) is 0 Å². The van der Waals surface area contributed by atoms with Gasteiger partial charge >= 0.3 is 7.12 Å².